The lowest BCUT2D eigenvalue weighted by molar-refractivity contribution is -0.153. The lowest BCUT2D eigenvalue weighted by atomic mass is 9.44. The molecule has 0 radical (unpaired) electrons. The maximum absolute atomic E-state index is 13.8. The number of hydrogen-bond acceptors (Lipinski definition) is 5. The van der Waals surface area contributed by atoms with E-state index >= 15 is 0 Å². The summed E-state index contributed by atoms with van der Waals surface area (Å²) in [6.07, 6.45) is 11.9. The highest BCUT2D eigenvalue weighted by molar-refractivity contribution is 8.00. The number of thioether (sulfide) groups is 1. The first-order chi connectivity index (χ1) is 18.7. The van der Waals surface area contributed by atoms with Gasteiger partial charge in [0.15, 0.2) is 6.61 Å². The second-order valence-corrected chi connectivity index (χ2v) is 13.7. The molecule has 7 nitrogen and oxygen atoms in total. The van der Waals surface area contributed by atoms with Crippen LogP contribution in [0, 0.1) is 23.6 Å². The van der Waals surface area contributed by atoms with E-state index in [2.05, 4.69) is 16.0 Å². The molecule has 3 amide bonds. The van der Waals surface area contributed by atoms with Crippen molar-refractivity contribution in [3.05, 3.63) is 29.0 Å². The number of halogens is 2. The van der Waals surface area contributed by atoms with Crippen molar-refractivity contribution in [2.24, 2.45) is 17.8 Å². The van der Waals surface area contributed by atoms with Crippen molar-refractivity contribution in [2.45, 2.75) is 94.0 Å². The van der Waals surface area contributed by atoms with Crippen LogP contribution >= 0.6 is 23.4 Å². The molecule has 1 aromatic rings. The average Bonchev–Trinajstić information content (AvgIpc) is 3.30. The molecule has 10 heteroatoms. The number of rotatable bonds is 8. The van der Waals surface area contributed by atoms with Gasteiger partial charge in [-0.1, -0.05) is 63.0 Å². The normalized spacial score (nSPS) is 32.4. The van der Waals surface area contributed by atoms with E-state index in [1.54, 1.807) is 11.8 Å². The number of amides is 3. The molecule has 0 aromatic heterocycles. The van der Waals surface area contributed by atoms with E-state index in [1.165, 1.54) is 57.6 Å². The van der Waals surface area contributed by atoms with Gasteiger partial charge >= 0.3 is 0 Å². The minimum absolute atomic E-state index is 0.000864. The Morgan fingerprint density at radius 3 is 2.31 bits per heavy atom. The molecule has 6 rings (SSSR count). The Bertz CT molecular complexity index is 1070. The van der Waals surface area contributed by atoms with E-state index in [9.17, 15) is 18.8 Å². The van der Waals surface area contributed by atoms with E-state index in [-0.39, 0.29) is 63.4 Å². The Balaban J connectivity index is 1.15. The summed E-state index contributed by atoms with van der Waals surface area (Å²) >= 11 is 7.40. The van der Waals surface area contributed by atoms with E-state index in [1.807, 2.05) is 0 Å². The molecule has 1 aromatic carbocycles. The van der Waals surface area contributed by atoms with Gasteiger partial charge in [-0.3, -0.25) is 14.4 Å². The first-order valence-electron chi connectivity index (χ1n) is 14.3. The summed E-state index contributed by atoms with van der Waals surface area (Å²) in [5, 5.41) is 9.23. The van der Waals surface area contributed by atoms with Gasteiger partial charge in [0, 0.05) is 24.1 Å². The van der Waals surface area contributed by atoms with Crippen LogP contribution in [-0.4, -0.2) is 46.5 Å². The lowest BCUT2D eigenvalue weighted by Crippen LogP contribution is -2.84. The second kappa shape index (κ2) is 11.9. The third kappa shape index (κ3) is 6.50. The zero-order valence-electron chi connectivity index (χ0n) is 22.5. The topological polar surface area (TPSA) is 96.5 Å². The molecule has 3 atom stereocenters. The smallest absolute Gasteiger partial charge is 0.258 e. The van der Waals surface area contributed by atoms with Gasteiger partial charge in [0.2, 0.25) is 11.8 Å². The minimum Gasteiger partial charge on any atom is -0.484 e. The van der Waals surface area contributed by atoms with Crippen LogP contribution in [0.25, 0.3) is 0 Å². The van der Waals surface area contributed by atoms with Crippen molar-refractivity contribution in [3.8, 4) is 5.75 Å². The molecule has 4 saturated carbocycles. The van der Waals surface area contributed by atoms with Gasteiger partial charge in [0.1, 0.15) is 11.6 Å². The van der Waals surface area contributed by atoms with Crippen molar-refractivity contribution < 1.29 is 23.5 Å². The molecule has 5 fully saturated rings. The first kappa shape index (κ1) is 28.5. The van der Waals surface area contributed by atoms with Crippen molar-refractivity contribution in [3.63, 3.8) is 0 Å². The molecule has 4 aliphatic carbocycles. The summed E-state index contributed by atoms with van der Waals surface area (Å²) < 4.78 is 19.0. The third-order valence-electron chi connectivity index (χ3n) is 8.99. The Hall–Kier alpha value is -2.00. The highest BCUT2D eigenvalue weighted by Gasteiger charge is 2.69. The van der Waals surface area contributed by atoms with Crippen molar-refractivity contribution >= 4 is 41.1 Å². The van der Waals surface area contributed by atoms with Gasteiger partial charge in [-0.05, 0) is 49.0 Å². The van der Waals surface area contributed by atoms with Crippen LogP contribution in [0.5, 0.6) is 5.75 Å². The maximum Gasteiger partial charge on any atom is 0.258 e. The fourth-order valence-electron chi connectivity index (χ4n) is 7.28. The molecule has 1 saturated heterocycles. The fraction of sp³-hybridized carbons (Fsp3) is 0.690. The van der Waals surface area contributed by atoms with Crippen LogP contribution in [0.3, 0.4) is 0 Å². The van der Waals surface area contributed by atoms with Crippen molar-refractivity contribution in [2.75, 3.05) is 12.4 Å². The molecular formula is C29H39ClFN3O4S. The minimum atomic E-state index is -0.597. The summed E-state index contributed by atoms with van der Waals surface area (Å²) in [5.41, 5.74) is -0.612. The molecule has 2 bridgehead atoms. The Morgan fingerprint density at radius 2 is 1.67 bits per heavy atom. The van der Waals surface area contributed by atoms with Crippen LogP contribution in [0.1, 0.15) is 77.6 Å². The highest BCUT2D eigenvalue weighted by Crippen LogP contribution is 2.60. The monoisotopic (exact) mass is 579 g/mol. The van der Waals surface area contributed by atoms with E-state index in [0.29, 0.717) is 25.2 Å². The quantitative estimate of drug-likeness (QED) is 0.405. The summed E-state index contributed by atoms with van der Waals surface area (Å²) in [6, 6.07) is 4.06. The highest BCUT2D eigenvalue weighted by atomic mass is 35.5. The summed E-state index contributed by atoms with van der Waals surface area (Å²) in [5.74, 6) is 0.746. The standard InChI is InChI=1S/C29H39ClFN3O4S/c1-18(35)32-27-25(21(14-39-27)19-8-6-4-2-3-5-7-9-19)26(37)34-29-15-28(16-29,17-29)33-24(36)13-38-20-10-11-22(30)23(31)12-20/h10-12,19,21,25,27H,2-9,13-17H2,1H3,(H,32,35)(H,33,36)(H,34,37). The zero-order chi connectivity index (χ0) is 27.6. The van der Waals surface area contributed by atoms with Gasteiger partial charge in [-0.15, -0.1) is 11.8 Å². The van der Waals surface area contributed by atoms with Gasteiger partial charge in [-0.25, -0.2) is 4.39 Å². The second-order valence-electron chi connectivity index (χ2n) is 12.1. The molecule has 3 unspecified atom stereocenters. The Morgan fingerprint density at radius 1 is 1.03 bits per heavy atom. The van der Waals surface area contributed by atoms with Crippen LogP contribution in [0.15, 0.2) is 18.2 Å². The number of hydrogen-bond donors (Lipinski definition) is 3. The first-order valence-corrected chi connectivity index (χ1v) is 15.7. The molecule has 3 N–H and O–H groups in total. The van der Waals surface area contributed by atoms with E-state index in [4.69, 9.17) is 16.3 Å². The average molecular weight is 580 g/mol. The molecule has 214 valence electrons. The SMILES string of the molecule is CC(=O)NC1SCC(C2CCCCCCCC2)C1C(=O)NC12CC(NC(=O)COc3ccc(Cl)c(F)c3)(C1)C2. The summed E-state index contributed by atoms with van der Waals surface area (Å²) in [7, 11) is 0. The van der Waals surface area contributed by atoms with Crippen LogP contribution in [0.2, 0.25) is 5.02 Å². The fourth-order valence-corrected chi connectivity index (χ4v) is 9.09. The number of carbonyl (C=O) groups is 3. The zero-order valence-corrected chi connectivity index (χ0v) is 24.1. The number of nitrogens with one attached hydrogen (secondary N) is 3. The van der Waals surface area contributed by atoms with Gasteiger partial charge in [-0.2, -0.15) is 0 Å². The molecule has 1 heterocycles. The number of benzene rings is 1. The Kier molecular flexibility index (Phi) is 8.67. The van der Waals surface area contributed by atoms with E-state index < -0.39 is 5.82 Å². The van der Waals surface area contributed by atoms with Crippen LogP contribution < -0.4 is 20.7 Å². The lowest BCUT2D eigenvalue weighted by Gasteiger charge is -2.70. The predicted octanol–water partition coefficient (Wildman–Crippen LogP) is 4.96. The number of carbonyl (C=O) groups excluding carboxylic acids is 3. The van der Waals surface area contributed by atoms with E-state index in [0.717, 1.165) is 24.7 Å². The van der Waals surface area contributed by atoms with Crippen LogP contribution in [-0.2, 0) is 14.4 Å². The third-order valence-corrected chi connectivity index (χ3v) is 10.6. The van der Waals surface area contributed by atoms with Crippen molar-refractivity contribution in [1.82, 2.24) is 16.0 Å². The molecule has 39 heavy (non-hydrogen) atoms. The van der Waals surface area contributed by atoms with Crippen molar-refractivity contribution in [1.29, 1.82) is 0 Å². The van der Waals surface area contributed by atoms with Gasteiger partial charge in [0.05, 0.1) is 16.3 Å². The summed E-state index contributed by atoms with van der Waals surface area (Å²) in [6.45, 7) is 1.30. The van der Waals surface area contributed by atoms with Gasteiger partial charge < -0.3 is 20.7 Å². The predicted molar refractivity (Wildman–Crippen MR) is 150 cm³/mol. The van der Waals surface area contributed by atoms with Crippen LogP contribution in [0.4, 0.5) is 4.39 Å². The largest absolute Gasteiger partial charge is 0.484 e. The Labute approximate surface area is 239 Å². The number of ether oxygens (including phenoxy) is 1. The summed E-state index contributed by atoms with van der Waals surface area (Å²) in [4.78, 5) is 38.2. The molecular weight excluding hydrogens is 541 g/mol. The molecule has 1 aliphatic heterocycles. The van der Waals surface area contributed by atoms with Gasteiger partial charge in [0.25, 0.3) is 5.91 Å². The molecule has 5 aliphatic rings. The molecule has 0 spiro atoms. The maximum atomic E-state index is 13.8.